The topological polar surface area (TPSA) is 44.7 Å². The Bertz CT molecular complexity index is 622. The van der Waals surface area contributed by atoms with E-state index in [9.17, 15) is 5.11 Å². The molecule has 0 spiro atoms. The number of nitrogens with zero attached hydrogens (tertiary/aromatic N) is 1. The predicted molar refractivity (Wildman–Crippen MR) is 99.6 cm³/mol. The van der Waals surface area contributed by atoms with Crippen LogP contribution in [0.5, 0.6) is 0 Å². The predicted octanol–water partition coefficient (Wildman–Crippen LogP) is 3.18. The van der Waals surface area contributed by atoms with Crippen molar-refractivity contribution in [3.8, 4) is 0 Å². The van der Waals surface area contributed by atoms with Gasteiger partial charge in [0.2, 0.25) is 0 Å². The number of rotatable bonds is 6. The van der Waals surface area contributed by atoms with Gasteiger partial charge in [-0.1, -0.05) is 18.2 Å². The minimum Gasteiger partial charge on any atom is -0.387 e. The molecule has 1 aliphatic heterocycles. The van der Waals surface area contributed by atoms with Crippen LogP contribution in [0.4, 0.5) is 5.69 Å². The Hall–Kier alpha value is -1.40. The maximum Gasteiger partial charge on any atom is 0.0922 e. The third-order valence-electron chi connectivity index (χ3n) is 4.33. The van der Waals surface area contributed by atoms with Crippen LogP contribution in [0, 0.1) is 0 Å². The van der Waals surface area contributed by atoms with Gasteiger partial charge in [-0.2, -0.15) is 11.3 Å². The standard InChI is InChI=1S/C19H26N2O2S/c1-14-11-21(12-15(2)23-14)18-6-4-3-5-16(18)9-20-10-19(22)17-7-8-24-13-17/h3-8,13-15,19-20,22H,9-12H2,1-2H3. The summed E-state index contributed by atoms with van der Waals surface area (Å²) in [6, 6.07) is 10.5. The molecule has 1 aromatic heterocycles. The monoisotopic (exact) mass is 346 g/mol. The Balaban J connectivity index is 1.62. The quantitative estimate of drug-likeness (QED) is 0.843. The van der Waals surface area contributed by atoms with Crippen molar-refractivity contribution < 1.29 is 9.84 Å². The third kappa shape index (κ3) is 4.36. The van der Waals surface area contributed by atoms with Crippen molar-refractivity contribution in [2.45, 2.75) is 38.7 Å². The van der Waals surface area contributed by atoms with E-state index in [1.54, 1.807) is 11.3 Å². The fourth-order valence-corrected chi connectivity index (χ4v) is 3.98. The molecule has 2 heterocycles. The summed E-state index contributed by atoms with van der Waals surface area (Å²) in [5.41, 5.74) is 3.50. The molecule has 2 N–H and O–H groups in total. The lowest BCUT2D eigenvalue weighted by molar-refractivity contribution is -0.00526. The second-order valence-electron chi connectivity index (χ2n) is 6.49. The number of thiophene rings is 1. The summed E-state index contributed by atoms with van der Waals surface area (Å²) in [6.45, 7) is 7.39. The molecule has 1 aromatic carbocycles. The van der Waals surface area contributed by atoms with E-state index in [-0.39, 0.29) is 12.2 Å². The smallest absolute Gasteiger partial charge is 0.0922 e. The van der Waals surface area contributed by atoms with Gasteiger partial charge in [-0.15, -0.1) is 0 Å². The molecule has 1 fully saturated rings. The highest BCUT2D eigenvalue weighted by Gasteiger charge is 2.23. The van der Waals surface area contributed by atoms with Crippen molar-refractivity contribution in [3.05, 3.63) is 52.2 Å². The van der Waals surface area contributed by atoms with Gasteiger partial charge in [-0.3, -0.25) is 0 Å². The summed E-state index contributed by atoms with van der Waals surface area (Å²) < 4.78 is 5.84. The fraction of sp³-hybridized carbons (Fsp3) is 0.474. The molecule has 3 rings (SSSR count). The van der Waals surface area contributed by atoms with Crippen molar-refractivity contribution in [1.29, 1.82) is 0 Å². The molecule has 0 radical (unpaired) electrons. The van der Waals surface area contributed by atoms with Crippen molar-refractivity contribution in [2.75, 3.05) is 24.5 Å². The molecule has 2 aromatic rings. The number of hydrogen-bond donors (Lipinski definition) is 2. The molecule has 3 unspecified atom stereocenters. The zero-order valence-electron chi connectivity index (χ0n) is 14.3. The van der Waals surface area contributed by atoms with Crippen molar-refractivity contribution in [1.82, 2.24) is 5.32 Å². The summed E-state index contributed by atoms with van der Waals surface area (Å²) in [7, 11) is 0. The molecule has 24 heavy (non-hydrogen) atoms. The van der Waals surface area contributed by atoms with Gasteiger partial charge >= 0.3 is 0 Å². The molecule has 1 aliphatic rings. The Morgan fingerprint density at radius 2 is 2.00 bits per heavy atom. The normalized spacial score (nSPS) is 22.5. The van der Waals surface area contributed by atoms with Crippen LogP contribution in [0.3, 0.4) is 0 Å². The number of benzene rings is 1. The van der Waals surface area contributed by atoms with Gasteiger partial charge in [0.25, 0.3) is 0 Å². The van der Waals surface area contributed by atoms with Gasteiger partial charge in [-0.25, -0.2) is 0 Å². The summed E-state index contributed by atoms with van der Waals surface area (Å²) in [4.78, 5) is 2.41. The van der Waals surface area contributed by atoms with Crippen molar-refractivity contribution >= 4 is 17.0 Å². The molecule has 1 saturated heterocycles. The molecular weight excluding hydrogens is 320 g/mol. The first-order valence-corrected chi connectivity index (χ1v) is 9.47. The van der Waals surface area contributed by atoms with Crippen LogP contribution in [0.25, 0.3) is 0 Å². The van der Waals surface area contributed by atoms with Crippen LogP contribution in [-0.4, -0.2) is 36.9 Å². The lowest BCUT2D eigenvalue weighted by Gasteiger charge is -2.37. The Morgan fingerprint density at radius 1 is 1.25 bits per heavy atom. The zero-order chi connectivity index (χ0) is 16.9. The van der Waals surface area contributed by atoms with Crippen LogP contribution in [0.1, 0.15) is 31.1 Å². The zero-order valence-corrected chi connectivity index (χ0v) is 15.1. The summed E-state index contributed by atoms with van der Waals surface area (Å²) in [5.74, 6) is 0. The minimum absolute atomic E-state index is 0.246. The van der Waals surface area contributed by atoms with E-state index < -0.39 is 6.10 Å². The molecule has 0 bridgehead atoms. The first-order chi connectivity index (χ1) is 11.6. The number of nitrogens with one attached hydrogen (secondary N) is 1. The summed E-state index contributed by atoms with van der Waals surface area (Å²) in [6.07, 6.45) is 0.0391. The van der Waals surface area contributed by atoms with Crippen LogP contribution in [-0.2, 0) is 11.3 Å². The SMILES string of the molecule is CC1CN(c2ccccc2CNCC(O)c2ccsc2)CC(C)O1. The van der Waals surface area contributed by atoms with Gasteiger partial charge in [0.05, 0.1) is 18.3 Å². The molecule has 0 aliphatic carbocycles. The maximum atomic E-state index is 10.2. The molecule has 3 atom stereocenters. The van der Waals surface area contributed by atoms with Crippen LogP contribution >= 0.6 is 11.3 Å². The van der Waals surface area contributed by atoms with E-state index in [2.05, 4.69) is 48.3 Å². The van der Waals surface area contributed by atoms with Crippen LogP contribution in [0.2, 0.25) is 0 Å². The van der Waals surface area contributed by atoms with E-state index >= 15 is 0 Å². The lowest BCUT2D eigenvalue weighted by Crippen LogP contribution is -2.46. The molecular formula is C19H26N2O2S. The first kappa shape index (κ1) is 17.4. The van der Waals surface area contributed by atoms with E-state index in [0.717, 1.165) is 25.2 Å². The van der Waals surface area contributed by atoms with E-state index in [0.29, 0.717) is 6.54 Å². The molecule has 130 valence electrons. The number of morpholine rings is 1. The van der Waals surface area contributed by atoms with Crippen molar-refractivity contribution in [3.63, 3.8) is 0 Å². The molecule has 5 heteroatoms. The van der Waals surface area contributed by atoms with Crippen LogP contribution < -0.4 is 10.2 Å². The van der Waals surface area contributed by atoms with E-state index in [4.69, 9.17) is 4.74 Å². The number of aliphatic hydroxyl groups is 1. The number of ether oxygens (including phenoxy) is 1. The highest BCUT2D eigenvalue weighted by Crippen LogP contribution is 2.24. The Labute approximate surface area is 148 Å². The second-order valence-corrected chi connectivity index (χ2v) is 7.27. The largest absolute Gasteiger partial charge is 0.387 e. The van der Waals surface area contributed by atoms with Gasteiger partial charge < -0.3 is 20.1 Å². The second kappa shape index (κ2) is 8.12. The summed E-state index contributed by atoms with van der Waals surface area (Å²) >= 11 is 1.61. The van der Waals surface area contributed by atoms with Gasteiger partial charge in [0.15, 0.2) is 0 Å². The van der Waals surface area contributed by atoms with E-state index in [1.165, 1.54) is 11.3 Å². The number of anilines is 1. The minimum atomic E-state index is -0.452. The average molecular weight is 346 g/mol. The fourth-order valence-electron chi connectivity index (χ4n) is 3.27. The Kier molecular flexibility index (Phi) is 5.89. The number of hydrogen-bond acceptors (Lipinski definition) is 5. The maximum absolute atomic E-state index is 10.2. The average Bonchev–Trinajstić information content (AvgIpc) is 3.09. The molecule has 0 saturated carbocycles. The summed E-state index contributed by atoms with van der Waals surface area (Å²) in [5, 5.41) is 17.6. The highest BCUT2D eigenvalue weighted by atomic mass is 32.1. The lowest BCUT2D eigenvalue weighted by atomic mass is 10.1. The highest BCUT2D eigenvalue weighted by molar-refractivity contribution is 7.07. The van der Waals surface area contributed by atoms with E-state index in [1.807, 2.05) is 16.8 Å². The number of para-hydroxylation sites is 1. The van der Waals surface area contributed by atoms with Crippen molar-refractivity contribution in [2.24, 2.45) is 0 Å². The number of aliphatic hydroxyl groups excluding tert-OH is 1. The van der Waals surface area contributed by atoms with Gasteiger partial charge in [-0.05, 0) is 47.9 Å². The Morgan fingerprint density at radius 3 is 2.71 bits per heavy atom. The van der Waals surface area contributed by atoms with Crippen LogP contribution in [0.15, 0.2) is 41.1 Å². The molecule has 4 nitrogen and oxygen atoms in total. The molecule has 0 amide bonds. The van der Waals surface area contributed by atoms with Gasteiger partial charge in [0.1, 0.15) is 0 Å². The first-order valence-electron chi connectivity index (χ1n) is 8.52. The van der Waals surface area contributed by atoms with Gasteiger partial charge in [0, 0.05) is 31.9 Å². The third-order valence-corrected chi connectivity index (χ3v) is 5.03.